The molecule has 1 aromatic carbocycles. The van der Waals surface area contributed by atoms with E-state index >= 15 is 0 Å². The Morgan fingerprint density at radius 2 is 2.06 bits per heavy atom. The highest BCUT2D eigenvalue weighted by Crippen LogP contribution is 2.12. The molecule has 0 bridgehead atoms. The maximum Gasteiger partial charge on any atom is 0.325 e. The molecule has 0 spiro atoms. The Hall–Kier alpha value is -1.90. The first-order chi connectivity index (χ1) is 8.56. The van der Waals surface area contributed by atoms with Gasteiger partial charge in [-0.3, -0.25) is 14.6 Å². The molecule has 2 rings (SSSR count). The minimum atomic E-state index is -0.720. The topological polar surface area (TPSA) is 94.8 Å². The third-order valence-electron chi connectivity index (χ3n) is 2.15. The zero-order valence-corrected chi connectivity index (χ0v) is 11.1. The predicted octanol–water partition coefficient (Wildman–Crippen LogP) is 0.920. The molecule has 0 saturated carbocycles. The average Bonchev–Trinajstić information content (AvgIpc) is 2.28. The summed E-state index contributed by atoms with van der Waals surface area (Å²) in [6, 6.07) is 7.13. The summed E-state index contributed by atoms with van der Waals surface area (Å²) in [6.45, 7) is 0. The van der Waals surface area contributed by atoms with Crippen molar-refractivity contribution in [1.29, 1.82) is 0 Å². The van der Waals surface area contributed by atoms with Crippen LogP contribution in [0.5, 0.6) is 0 Å². The van der Waals surface area contributed by atoms with Crippen LogP contribution in [-0.4, -0.2) is 15.9 Å². The lowest BCUT2D eigenvalue weighted by Gasteiger charge is -2.04. The summed E-state index contributed by atoms with van der Waals surface area (Å²) < 4.78 is 0.959. The maximum atomic E-state index is 11.8. The molecule has 7 heteroatoms. The number of rotatable bonds is 2. The highest BCUT2D eigenvalue weighted by atomic mass is 127. The van der Waals surface area contributed by atoms with Crippen LogP contribution < -0.4 is 16.6 Å². The van der Waals surface area contributed by atoms with Crippen LogP contribution in [0.2, 0.25) is 0 Å². The second-order valence-corrected chi connectivity index (χ2v) is 4.70. The lowest BCUT2D eigenvalue weighted by molar-refractivity contribution is 0.102. The summed E-state index contributed by atoms with van der Waals surface area (Å²) in [5.41, 5.74) is -0.932. The van der Waals surface area contributed by atoms with Gasteiger partial charge in [0, 0.05) is 15.5 Å². The van der Waals surface area contributed by atoms with E-state index in [9.17, 15) is 14.4 Å². The zero-order valence-electron chi connectivity index (χ0n) is 8.99. The van der Waals surface area contributed by atoms with E-state index in [0.29, 0.717) is 5.69 Å². The number of carbonyl (C=O) groups excluding carboxylic acids is 1. The highest BCUT2D eigenvalue weighted by molar-refractivity contribution is 14.1. The molecule has 0 aliphatic carbocycles. The van der Waals surface area contributed by atoms with E-state index in [1.807, 2.05) is 11.1 Å². The van der Waals surface area contributed by atoms with Crippen molar-refractivity contribution < 1.29 is 4.79 Å². The molecule has 2 aromatic rings. The van der Waals surface area contributed by atoms with Crippen LogP contribution in [0.4, 0.5) is 5.69 Å². The van der Waals surface area contributed by atoms with Gasteiger partial charge in [0.15, 0.2) is 0 Å². The average molecular weight is 357 g/mol. The van der Waals surface area contributed by atoms with Crippen molar-refractivity contribution in [3.8, 4) is 0 Å². The van der Waals surface area contributed by atoms with E-state index in [0.717, 1.165) is 9.77 Å². The molecule has 1 heterocycles. The minimum Gasteiger partial charge on any atom is -0.322 e. The number of hydrogen-bond acceptors (Lipinski definition) is 3. The van der Waals surface area contributed by atoms with E-state index in [2.05, 4.69) is 32.9 Å². The second kappa shape index (κ2) is 5.17. The van der Waals surface area contributed by atoms with Gasteiger partial charge in [-0.2, -0.15) is 0 Å². The second-order valence-electron chi connectivity index (χ2n) is 3.45. The van der Waals surface area contributed by atoms with Crippen LogP contribution >= 0.6 is 22.6 Å². The first-order valence-electron chi connectivity index (χ1n) is 4.95. The van der Waals surface area contributed by atoms with E-state index in [-0.39, 0.29) is 5.56 Å². The molecule has 0 aliphatic rings. The first-order valence-corrected chi connectivity index (χ1v) is 6.03. The van der Waals surface area contributed by atoms with Gasteiger partial charge in [-0.25, -0.2) is 4.79 Å². The lowest BCUT2D eigenvalue weighted by atomic mass is 10.3. The van der Waals surface area contributed by atoms with E-state index in [1.165, 1.54) is 0 Å². The van der Waals surface area contributed by atoms with Gasteiger partial charge in [-0.1, -0.05) is 6.07 Å². The Labute approximate surface area is 115 Å². The summed E-state index contributed by atoms with van der Waals surface area (Å²) in [7, 11) is 0. The van der Waals surface area contributed by atoms with Gasteiger partial charge in [0.2, 0.25) is 0 Å². The Balaban J connectivity index is 2.27. The Kier molecular flexibility index (Phi) is 3.60. The smallest absolute Gasteiger partial charge is 0.322 e. The molecule has 18 heavy (non-hydrogen) atoms. The molecule has 0 atom stereocenters. The number of aromatic nitrogens is 2. The molecule has 0 fully saturated rings. The molecule has 0 radical (unpaired) electrons. The molecular weight excluding hydrogens is 349 g/mol. The van der Waals surface area contributed by atoms with Gasteiger partial charge >= 0.3 is 5.69 Å². The van der Waals surface area contributed by atoms with Crippen molar-refractivity contribution in [3.05, 3.63) is 60.4 Å². The first kappa shape index (κ1) is 12.6. The molecule has 92 valence electrons. The van der Waals surface area contributed by atoms with Gasteiger partial charge in [0.05, 0.1) is 0 Å². The van der Waals surface area contributed by atoms with Crippen LogP contribution in [0.15, 0.2) is 40.1 Å². The SMILES string of the molecule is O=C(Nc1cccc(I)c1)c1c[nH]c(=O)[nH]c1=O. The van der Waals surface area contributed by atoms with Crippen molar-refractivity contribution >= 4 is 34.2 Å². The van der Waals surface area contributed by atoms with Crippen LogP contribution in [0.25, 0.3) is 0 Å². The summed E-state index contributed by atoms with van der Waals surface area (Å²) >= 11 is 2.11. The third kappa shape index (κ3) is 2.86. The summed E-state index contributed by atoms with van der Waals surface area (Å²) in [4.78, 5) is 38.3. The molecule has 6 nitrogen and oxygen atoms in total. The fourth-order valence-corrected chi connectivity index (χ4v) is 1.89. The number of H-pyrrole nitrogens is 2. The maximum absolute atomic E-state index is 11.8. The van der Waals surface area contributed by atoms with Crippen molar-refractivity contribution in [2.24, 2.45) is 0 Å². The number of halogens is 1. The van der Waals surface area contributed by atoms with Gasteiger partial charge in [0.1, 0.15) is 5.56 Å². The molecule has 0 saturated heterocycles. The lowest BCUT2D eigenvalue weighted by Crippen LogP contribution is -2.29. The Bertz CT molecular complexity index is 705. The van der Waals surface area contributed by atoms with E-state index < -0.39 is 17.2 Å². The van der Waals surface area contributed by atoms with Crippen molar-refractivity contribution in [1.82, 2.24) is 9.97 Å². The predicted molar refractivity (Wildman–Crippen MR) is 74.8 cm³/mol. The minimum absolute atomic E-state index is 0.145. The van der Waals surface area contributed by atoms with Gasteiger partial charge < -0.3 is 10.3 Å². The van der Waals surface area contributed by atoms with Crippen molar-refractivity contribution in [3.63, 3.8) is 0 Å². The standard InChI is InChI=1S/C11H8IN3O3/c12-6-2-1-3-7(4-6)14-9(16)8-5-13-11(18)15-10(8)17/h1-5H,(H,14,16)(H2,13,15,17,18). The quantitative estimate of drug-likeness (QED) is 0.698. The summed E-state index contributed by atoms with van der Waals surface area (Å²) in [5, 5.41) is 2.57. The van der Waals surface area contributed by atoms with Crippen LogP contribution in [0.1, 0.15) is 10.4 Å². The molecule has 3 N–H and O–H groups in total. The summed E-state index contributed by atoms with van der Waals surface area (Å²) in [6.07, 6.45) is 1.09. The number of aromatic amines is 2. The third-order valence-corrected chi connectivity index (χ3v) is 2.82. The van der Waals surface area contributed by atoms with Gasteiger partial charge in [-0.05, 0) is 40.8 Å². The molecule has 1 amide bonds. The number of carbonyl (C=O) groups is 1. The zero-order chi connectivity index (χ0) is 13.1. The molecule has 0 unspecified atom stereocenters. The monoisotopic (exact) mass is 357 g/mol. The van der Waals surface area contributed by atoms with Gasteiger partial charge in [0.25, 0.3) is 11.5 Å². The van der Waals surface area contributed by atoms with Crippen LogP contribution in [0, 0.1) is 3.57 Å². The number of hydrogen-bond donors (Lipinski definition) is 3. The number of anilines is 1. The van der Waals surface area contributed by atoms with Crippen LogP contribution in [0.3, 0.4) is 0 Å². The molecule has 0 aliphatic heterocycles. The largest absolute Gasteiger partial charge is 0.325 e. The number of benzene rings is 1. The summed E-state index contributed by atoms with van der Waals surface area (Å²) in [5.74, 6) is -0.575. The van der Waals surface area contributed by atoms with Crippen LogP contribution in [-0.2, 0) is 0 Å². The fraction of sp³-hybridized carbons (Fsp3) is 0. The number of nitrogens with one attached hydrogen (secondary N) is 3. The normalized spacial score (nSPS) is 10.1. The fourth-order valence-electron chi connectivity index (χ4n) is 1.34. The molecule has 1 aromatic heterocycles. The Morgan fingerprint density at radius 3 is 2.72 bits per heavy atom. The van der Waals surface area contributed by atoms with Crippen molar-refractivity contribution in [2.75, 3.05) is 5.32 Å². The highest BCUT2D eigenvalue weighted by Gasteiger charge is 2.10. The number of amides is 1. The van der Waals surface area contributed by atoms with E-state index in [4.69, 9.17) is 0 Å². The van der Waals surface area contributed by atoms with E-state index in [1.54, 1.807) is 18.2 Å². The molecular formula is C11H8IN3O3. The van der Waals surface area contributed by atoms with Gasteiger partial charge in [-0.15, -0.1) is 0 Å². The Morgan fingerprint density at radius 1 is 1.28 bits per heavy atom. The van der Waals surface area contributed by atoms with Crippen molar-refractivity contribution in [2.45, 2.75) is 0 Å².